The Labute approximate surface area is 91.4 Å². The van der Waals surface area contributed by atoms with Gasteiger partial charge in [0.15, 0.2) is 0 Å². The van der Waals surface area contributed by atoms with E-state index in [1.165, 1.54) is 0 Å². The van der Waals surface area contributed by atoms with E-state index in [2.05, 4.69) is 11.2 Å². The SMILES string of the molecule is C#CCNC(=O)CN(CCO)CC(F)(F)F. The second kappa shape index (κ2) is 7.09. The molecule has 0 heterocycles. The number of nitrogens with one attached hydrogen (secondary N) is 1. The molecule has 2 N–H and O–H groups in total. The van der Waals surface area contributed by atoms with Crippen molar-refractivity contribution in [3.63, 3.8) is 0 Å². The fourth-order valence-electron chi connectivity index (χ4n) is 1.02. The third-order valence-electron chi connectivity index (χ3n) is 1.57. The van der Waals surface area contributed by atoms with Crippen LogP contribution in [0.25, 0.3) is 0 Å². The lowest BCUT2D eigenvalue weighted by Gasteiger charge is -2.21. The van der Waals surface area contributed by atoms with Gasteiger partial charge in [-0.05, 0) is 0 Å². The molecule has 0 fully saturated rings. The molecular weight excluding hydrogens is 225 g/mol. The Morgan fingerprint density at radius 2 is 2.12 bits per heavy atom. The number of carbonyl (C=O) groups is 1. The lowest BCUT2D eigenvalue weighted by atomic mass is 10.4. The van der Waals surface area contributed by atoms with Crippen LogP contribution in [-0.4, -0.2) is 54.9 Å². The summed E-state index contributed by atoms with van der Waals surface area (Å²) >= 11 is 0. The quantitative estimate of drug-likeness (QED) is 0.619. The van der Waals surface area contributed by atoms with Gasteiger partial charge in [-0.15, -0.1) is 6.42 Å². The fourth-order valence-corrected chi connectivity index (χ4v) is 1.02. The third-order valence-corrected chi connectivity index (χ3v) is 1.57. The zero-order valence-corrected chi connectivity index (χ0v) is 8.55. The van der Waals surface area contributed by atoms with Gasteiger partial charge in [0, 0.05) is 6.54 Å². The average molecular weight is 238 g/mol. The second-order valence-corrected chi connectivity index (χ2v) is 3.03. The van der Waals surface area contributed by atoms with Gasteiger partial charge < -0.3 is 10.4 Å². The Kier molecular flexibility index (Phi) is 6.53. The summed E-state index contributed by atoms with van der Waals surface area (Å²) in [5.41, 5.74) is 0. The van der Waals surface area contributed by atoms with Gasteiger partial charge in [-0.3, -0.25) is 9.69 Å². The van der Waals surface area contributed by atoms with Crippen molar-refractivity contribution in [2.45, 2.75) is 6.18 Å². The van der Waals surface area contributed by atoms with Crippen molar-refractivity contribution >= 4 is 5.91 Å². The Hall–Kier alpha value is -1.26. The predicted molar refractivity (Wildman–Crippen MR) is 51.4 cm³/mol. The normalized spacial score (nSPS) is 11.2. The first-order valence-corrected chi connectivity index (χ1v) is 4.49. The van der Waals surface area contributed by atoms with E-state index in [4.69, 9.17) is 11.5 Å². The molecule has 0 atom stereocenters. The van der Waals surface area contributed by atoms with E-state index in [-0.39, 0.29) is 13.1 Å². The molecule has 0 radical (unpaired) electrons. The highest BCUT2D eigenvalue weighted by Gasteiger charge is 2.31. The van der Waals surface area contributed by atoms with Crippen LogP contribution < -0.4 is 5.32 Å². The molecule has 0 spiro atoms. The molecule has 0 aromatic carbocycles. The van der Waals surface area contributed by atoms with Crippen molar-refractivity contribution in [2.24, 2.45) is 0 Å². The maximum atomic E-state index is 12.0. The topological polar surface area (TPSA) is 52.6 Å². The van der Waals surface area contributed by atoms with E-state index >= 15 is 0 Å². The summed E-state index contributed by atoms with van der Waals surface area (Å²) in [6, 6.07) is 0. The molecule has 4 nitrogen and oxygen atoms in total. The number of terminal acetylenes is 1. The van der Waals surface area contributed by atoms with Crippen LogP contribution in [0.3, 0.4) is 0 Å². The first-order chi connectivity index (χ1) is 7.39. The lowest BCUT2D eigenvalue weighted by molar-refractivity contribution is -0.149. The summed E-state index contributed by atoms with van der Waals surface area (Å²) in [6.45, 7) is -2.38. The highest BCUT2D eigenvalue weighted by atomic mass is 19.4. The molecule has 16 heavy (non-hydrogen) atoms. The van der Waals surface area contributed by atoms with Crippen LogP contribution in [0.4, 0.5) is 13.2 Å². The third kappa shape index (κ3) is 8.08. The molecule has 1 amide bonds. The molecule has 0 bridgehead atoms. The number of hydrogen-bond acceptors (Lipinski definition) is 3. The Morgan fingerprint density at radius 1 is 1.50 bits per heavy atom. The van der Waals surface area contributed by atoms with Gasteiger partial charge in [-0.2, -0.15) is 13.2 Å². The molecule has 0 saturated heterocycles. The standard InChI is InChI=1S/C9H13F3N2O2/c1-2-3-13-8(16)6-14(4-5-15)7-9(10,11)12/h1,15H,3-7H2,(H,13,16). The van der Waals surface area contributed by atoms with Crippen LogP contribution in [0.5, 0.6) is 0 Å². The highest BCUT2D eigenvalue weighted by molar-refractivity contribution is 5.78. The van der Waals surface area contributed by atoms with Crippen molar-refractivity contribution in [3.8, 4) is 12.3 Å². The molecule has 0 aromatic rings. The van der Waals surface area contributed by atoms with Gasteiger partial charge in [0.05, 0.1) is 26.2 Å². The number of halogens is 3. The maximum Gasteiger partial charge on any atom is 0.401 e. The minimum atomic E-state index is -4.40. The first-order valence-electron chi connectivity index (χ1n) is 4.49. The van der Waals surface area contributed by atoms with E-state index in [0.29, 0.717) is 0 Å². The van der Waals surface area contributed by atoms with Gasteiger partial charge in [0.1, 0.15) is 0 Å². The summed E-state index contributed by atoms with van der Waals surface area (Å²) in [5.74, 6) is 1.53. The Morgan fingerprint density at radius 3 is 2.56 bits per heavy atom. The minimum Gasteiger partial charge on any atom is -0.395 e. The van der Waals surface area contributed by atoms with Crippen LogP contribution in [0.15, 0.2) is 0 Å². The van der Waals surface area contributed by atoms with Crippen LogP contribution in [-0.2, 0) is 4.79 Å². The minimum absolute atomic E-state index is 0.0299. The number of amides is 1. The monoisotopic (exact) mass is 238 g/mol. The summed E-state index contributed by atoms with van der Waals surface area (Å²) in [6.07, 6.45) is 0.469. The molecule has 0 rings (SSSR count). The molecule has 92 valence electrons. The number of aliphatic hydroxyl groups excluding tert-OH is 1. The largest absolute Gasteiger partial charge is 0.401 e. The van der Waals surface area contributed by atoms with Crippen molar-refractivity contribution in [2.75, 3.05) is 32.8 Å². The summed E-state index contributed by atoms with van der Waals surface area (Å²) in [5, 5.41) is 10.8. The molecule has 0 aliphatic heterocycles. The van der Waals surface area contributed by atoms with Crippen molar-refractivity contribution in [3.05, 3.63) is 0 Å². The lowest BCUT2D eigenvalue weighted by Crippen LogP contribution is -2.43. The van der Waals surface area contributed by atoms with Crippen molar-refractivity contribution < 1.29 is 23.1 Å². The Balaban J connectivity index is 4.12. The molecule has 0 aliphatic carbocycles. The molecular formula is C9H13F3N2O2. The molecule has 0 aliphatic rings. The Bertz CT molecular complexity index is 260. The summed E-state index contributed by atoms with van der Waals surface area (Å²) in [4.78, 5) is 11.9. The van der Waals surface area contributed by atoms with E-state index in [9.17, 15) is 18.0 Å². The summed E-state index contributed by atoms with van der Waals surface area (Å²) in [7, 11) is 0. The zero-order valence-electron chi connectivity index (χ0n) is 8.55. The number of carbonyl (C=O) groups excluding carboxylic acids is 1. The molecule has 0 unspecified atom stereocenters. The zero-order chi connectivity index (χ0) is 12.6. The maximum absolute atomic E-state index is 12.0. The van der Waals surface area contributed by atoms with Crippen molar-refractivity contribution in [1.29, 1.82) is 0 Å². The van der Waals surface area contributed by atoms with Crippen LogP contribution >= 0.6 is 0 Å². The van der Waals surface area contributed by atoms with E-state index in [0.717, 1.165) is 4.90 Å². The smallest absolute Gasteiger partial charge is 0.395 e. The van der Waals surface area contributed by atoms with Gasteiger partial charge in [-0.1, -0.05) is 5.92 Å². The fraction of sp³-hybridized carbons (Fsp3) is 0.667. The molecule has 0 aromatic heterocycles. The average Bonchev–Trinajstić information content (AvgIpc) is 2.12. The van der Waals surface area contributed by atoms with E-state index < -0.39 is 31.8 Å². The van der Waals surface area contributed by atoms with Crippen LogP contribution in [0, 0.1) is 12.3 Å². The number of rotatable bonds is 6. The van der Waals surface area contributed by atoms with Crippen LogP contribution in [0.1, 0.15) is 0 Å². The van der Waals surface area contributed by atoms with Gasteiger partial charge in [0.2, 0.25) is 5.91 Å². The number of hydrogen-bond donors (Lipinski definition) is 2. The molecule has 7 heteroatoms. The van der Waals surface area contributed by atoms with Gasteiger partial charge in [-0.25, -0.2) is 0 Å². The van der Waals surface area contributed by atoms with Gasteiger partial charge >= 0.3 is 6.18 Å². The van der Waals surface area contributed by atoms with Crippen LogP contribution in [0.2, 0.25) is 0 Å². The summed E-state index contributed by atoms with van der Waals surface area (Å²) < 4.78 is 36.1. The van der Waals surface area contributed by atoms with Crippen molar-refractivity contribution in [1.82, 2.24) is 10.2 Å². The molecule has 0 saturated carbocycles. The first kappa shape index (κ1) is 14.7. The highest BCUT2D eigenvalue weighted by Crippen LogP contribution is 2.15. The van der Waals surface area contributed by atoms with E-state index in [1.54, 1.807) is 0 Å². The predicted octanol–water partition coefficient (Wildman–Crippen LogP) is -0.408. The second-order valence-electron chi connectivity index (χ2n) is 3.03. The van der Waals surface area contributed by atoms with E-state index in [1.807, 2.05) is 0 Å². The number of alkyl halides is 3. The van der Waals surface area contributed by atoms with Gasteiger partial charge in [0.25, 0.3) is 0 Å². The number of aliphatic hydroxyl groups is 1. The number of nitrogens with zero attached hydrogens (tertiary/aromatic N) is 1.